The second-order valence-electron chi connectivity index (χ2n) is 4.97. The Kier molecular flexibility index (Phi) is 4.94. The van der Waals surface area contributed by atoms with Crippen LogP contribution < -0.4 is 4.72 Å². The highest BCUT2D eigenvalue weighted by atomic mass is 32.2. The van der Waals surface area contributed by atoms with Crippen molar-refractivity contribution >= 4 is 16.0 Å². The van der Waals surface area contributed by atoms with Crippen molar-refractivity contribution < 1.29 is 18.3 Å². The number of aryl methyl sites for hydroxylation is 2. The molecule has 0 unspecified atom stereocenters. The van der Waals surface area contributed by atoms with E-state index in [1.165, 1.54) is 0 Å². The van der Waals surface area contributed by atoms with Gasteiger partial charge >= 0.3 is 5.97 Å². The zero-order valence-electron chi connectivity index (χ0n) is 12.2. The molecular formula is C14H21NO4S. The third-order valence-electron chi connectivity index (χ3n) is 3.58. The molecule has 0 saturated carbocycles. The van der Waals surface area contributed by atoms with E-state index in [9.17, 15) is 18.3 Å². The molecule has 5 nitrogen and oxygen atoms in total. The average Bonchev–Trinajstić information content (AvgIpc) is 2.38. The van der Waals surface area contributed by atoms with Crippen LogP contribution in [0.2, 0.25) is 0 Å². The predicted molar refractivity (Wildman–Crippen MR) is 77.2 cm³/mol. The molecule has 0 heterocycles. The Hall–Kier alpha value is -1.40. The van der Waals surface area contributed by atoms with Gasteiger partial charge in [-0.25, -0.2) is 8.42 Å². The molecule has 1 rings (SSSR count). The zero-order chi connectivity index (χ0) is 15.6. The van der Waals surface area contributed by atoms with Gasteiger partial charge in [0.1, 0.15) is 5.54 Å². The topological polar surface area (TPSA) is 83.5 Å². The Labute approximate surface area is 120 Å². The third kappa shape index (κ3) is 3.19. The lowest BCUT2D eigenvalue weighted by Crippen LogP contribution is -2.53. The second-order valence-corrected chi connectivity index (χ2v) is 6.62. The SMILES string of the molecule is CCC(CC)(NS(=O)(=O)c1cc(C)ccc1C)C(=O)O. The highest BCUT2D eigenvalue weighted by Crippen LogP contribution is 2.22. The van der Waals surface area contributed by atoms with Crippen LogP contribution in [0.1, 0.15) is 37.8 Å². The molecule has 0 saturated heterocycles. The lowest BCUT2D eigenvalue weighted by atomic mass is 9.95. The maximum atomic E-state index is 12.5. The normalized spacial score (nSPS) is 12.4. The molecule has 20 heavy (non-hydrogen) atoms. The van der Waals surface area contributed by atoms with Gasteiger partial charge in [0.2, 0.25) is 10.0 Å². The minimum atomic E-state index is -3.87. The molecule has 112 valence electrons. The fourth-order valence-corrected chi connectivity index (χ4v) is 3.88. The van der Waals surface area contributed by atoms with E-state index in [0.29, 0.717) is 5.56 Å². The fraction of sp³-hybridized carbons (Fsp3) is 0.500. The first-order chi connectivity index (χ1) is 9.18. The van der Waals surface area contributed by atoms with Gasteiger partial charge in [-0.2, -0.15) is 4.72 Å². The van der Waals surface area contributed by atoms with Gasteiger partial charge in [0.15, 0.2) is 0 Å². The number of hydrogen-bond acceptors (Lipinski definition) is 3. The monoisotopic (exact) mass is 299 g/mol. The van der Waals surface area contributed by atoms with E-state index in [1.807, 2.05) is 6.07 Å². The van der Waals surface area contributed by atoms with Gasteiger partial charge in [0.05, 0.1) is 4.90 Å². The number of rotatable bonds is 6. The van der Waals surface area contributed by atoms with Crippen LogP contribution in [0.4, 0.5) is 0 Å². The van der Waals surface area contributed by atoms with Gasteiger partial charge in [0.25, 0.3) is 0 Å². The number of benzene rings is 1. The van der Waals surface area contributed by atoms with E-state index >= 15 is 0 Å². The van der Waals surface area contributed by atoms with E-state index in [1.54, 1.807) is 39.8 Å². The van der Waals surface area contributed by atoms with Crippen molar-refractivity contribution in [1.29, 1.82) is 0 Å². The van der Waals surface area contributed by atoms with Gasteiger partial charge in [-0.3, -0.25) is 4.79 Å². The highest BCUT2D eigenvalue weighted by Gasteiger charge is 2.39. The van der Waals surface area contributed by atoms with Gasteiger partial charge in [-0.05, 0) is 43.9 Å². The van der Waals surface area contributed by atoms with Crippen LogP contribution in [0.15, 0.2) is 23.1 Å². The first-order valence-corrected chi connectivity index (χ1v) is 8.01. The summed E-state index contributed by atoms with van der Waals surface area (Å²) in [5.74, 6) is -1.16. The van der Waals surface area contributed by atoms with Crippen LogP contribution in [0.3, 0.4) is 0 Å². The van der Waals surface area contributed by atoms with Crippen LogP contribution >= 0.6 is 0 Å². The van der Waals surface area contributed by atoms with Crippen LogP contribution in [-0.2, 0) is 14.8 Å². The van der Waals surface area contributed by atoms with Gasteiger partial charge in [-0.1, -0.05) is 26.0 Å². The van der Waals surface area contributed by atoms with Gasteiger partial charge in [0, 0.05) is 0 Å². The second kappa shape index (κ2) is 5.93. The van der Waals surface area contributed by atoms with E-state index in [-0.39, 0.29) is 17.7 Å². The standard InChI is InChI=1S/C14H21NO4S/c1-5-14(6-2,13(16)17)15-20(18,19)12-9-10(3)7-8-11(12)4/h7-9,15H,5-6H2,1-4H3,(H,16,17). The lowest BCUT2D eigenvalue weighted by molar-refractivity contribution is -0.144. The summed E-state index contributed by atoms with van der Waals surface area (Å²) < 4.78 is 27.3. The highest BCUT2D eigenvalue weighted by molar-refractivity contribution is 7.89. The van der Waals surface area contributed by atoms with E-state index in [4.69, 9.17) is 0 Å². The molecular weight excluding hydrogens is 278 g/mol. The lowest BCUT2D eigenvalue weighted by Gasteiger charge is -2.28. The maximum absolute atomic E-state index is 12.5. The zero-order valence-corrected chi connectivity index (χ0v) is 13.0. The van der Waals surface area contributed by atoms with Crippen molar-refractivity contribution in [2.75, 3.05) is 0 Å². The number of carbonyl (C=O) groups is 1. The molecule has 0 bridgehead atoms. The largest absolute Gasteiger partial charge is 0.480 e. The molecule has 2 N–H and O–H groups in total. The summed E-state index contributed by atoms with van der Waals surface area (Å²) in [6.07, 6.45) is 0.367. The molecule has 0 aliphatic carbocycles. The van der Waals surface area contributed by atoms with Crippen LogP contribution in [0.25, 0.3) is 0 Å². The maximum Gasteiger partial charge on any atom is 0.324 e. The summed E-state index contributed by atoms with van der Waals surface area (Å²) in [6, 6.07) is 5.08. The summed E-state index contributed by atoms with van der Waals surface area (Å²) in [4.78, 5) is 11.5. The number of nitrogens with one attached hydrogen (secondary N) is 1. The predicted octanol–water partition coefficient (Wildman–Crippen LogP) is 2.23. The molecule has 0 atom stereocenters. The number of carboxylic acids is 1. The summed E-state index contributed by atoms with van der Waals surface area (Å²) in [6.45, 7) is 6.80. The van der Waals surface area contributed by atoms with Crippen LogP contribution in [0.5, 0.6) is 0 Å². The fourth-order valence-electron chi connectivity index (χ4n) is 2.05. The first kappa shape index (κ1) is 16.7. The van der Waals surface area contributed by atoms with Crippen molar-refractivity contribution in [3.63, 3.8) is 0 Å². The molecule has 6 heteroatoms. The molecule has 1 aromatic carbocycles. The van der Waals surface area contributed by atoms with E-state index in [0.717, 1.165) is 5.56 Å². The molecule has 1 aromatic rings. The van der Waals surface area contributed by atoms with Crippen molar-refractivity contribution in [3.8, 4) is 0 Å². The summed E-state index contributed by atoms with van der Waals surface area (Å²) in [7, 11) is -3.87. The molecule has 0 aliphatic rings. The third-order valence-corrected chi connectivity index (χ3v) is 5.26. The van der Waals surface area contributed by atoms with Gasteiger partial charge in [-0.15, -0.1) is 0 Å². The van der Waals surface area contributed by atoms with Crippen molar-refractivity contribution in [3.05, 3.63) is 29.3 Å². The van der Waals surface area contributed by atoms with Crippen LogP contribution in [0, 0.1) is 13.8 Å². The number of aliphatic carboxylic acids is 1. The van der Waals surface area contributed by atoms with Crippen molar-refractivity contribution in [1.82, 2.24) is 4.72 Å². The Morgan fingerprint density at radius 1 is 1.25 bits per heavy atom. The number of sulfonamides is 1. The minimum absolute atomic E-state index is 0.130. The minimum Gasteiger partial charge on any atom is -0.480 e. The Balaban J connectivity index is 3.30. The molecule has 0 aliphatic heterocycles. The molecule has 0 spiro atoms. The van der Waals surface area contributed by atoms with Crippen LogP contribution in [-0.4, -0.2) is 25.0 Å². The van der Waals surface area contributed by atoms with Crippen molar-refractivity contribution in [2.24, 2.45) is 0 Å². The average molecular weight is 299 g/mol. The van der Waals surface area contributed by atoms with Gasteiger partial charge < -0.3 is 5.11 Å². The van der Waals surface area contributed by atoms with E-state index in [2.05, 4.69) is 4.72 Å². The first-order valence-electron chi connectivity index (χ1n) is 6.53. The Morgan fingerprint density at radius 2 is 1.80 bits per heavy atom. The smallest absolute Gasteiger partial charge is 0.324 e. The quantitative estimate of drug-likeness (QED) is 0.843. The van der Waals surface area contributed by atoms with E-state index < -0.39 is 21.5 Å². The summed E-state index contributed by atoms with van der Waals surface area (Å²) >= 11 is 0. The summed E-state index contributed by atoms with van der Waals surface area (Å²) in [5.41, 5.74) is -0.0610. The van der Waals surface area contributed by atoms with Crippen molar-refractivity contribution in [2.45, 2.75) is 51.0 Å². The number of carboxylic acid groups (broad SMARTS) is 1. The molecule has 0 radical (unpaired) electrons. The summed E-state index contributed by atoms with van der Waals surface area (Å²) in [5, 5.41) is 9.33. The molecule has 0 fully saturated rings. The number of hydrogen-bond donors (Lipinski definition) is 2. The molecule has 0 aromatic heterocycles. The Bertz CT molecular complexity index is 604. The Morgan fingerprint density at radius 3 is 2.25 bits per heavy atom. The molecule has 0 amide bonds.